The quantitative estimate of drug-likeness (QED) is 0.849. The minimum Gasteiger partial charge on any atom is -0.453 e. The van der Waals surface area contributed by atoms with E-state index in [2.05, 4.69) is 5.32 Å². The third kappa shape index (κ3) is 3.51. The fourth-order valence-corrected chi connectivity index (χ4v) is 4.23. The van der Waals surface area contributed by atoms with Crippen LogP contribution in [-0.4, -0.2) is 55.5 Å². The largest absolute Gasteiger partial charge is 0.453 e. The molecule has 120 valence electrons. The van der Waals surface area contributed by atoms with Crippen LogP contribution in [0.3, 0.4) is 0 Å². The van der Waals surface area contributed by atoms with Gasteiger partial charge < -0.3 is 19.7 Å². The molecular formula is C16H28N2O3. The Morgan fingerprint density at radius 1 is 1.19 bits per heavy atom. The van der Waals surface area contributed by atoms with Gasteiger partial charge in [0.2, 0.25) is 0 Å². The van der Waals surface area contributed by atoms with Gasteiger partial charge in [-0.05, 0) is 38.5 Å². The summed E-state index contributed by atoms with van der Waals surface area (Å²) in [4.78, 5) is 13.3. The Labute approximate surface area is 127 Å². The number of piperidine rings is 1. The van der Waals surface area contributed by atoms with Crippen molar-refractivity contribution < 1.29 is 14.3 Å². The lowest BCUT2D eigenvalue weighted by molar-refractivity contribution is -0.0852. The number of nitrogens with one attached hydrogen (secondary N) is 1. The summed E-state index contributed by atoms with van der Waals surface area (Å²) in [5, 5.41) is 3.83. The third-order valence-corrected chi connectivity index (χ3v) is 5.41. The second kappa shape index (κ2) is 6.53. The number of methoxy groups -OCH3 is 1. The second-order valence-electron chi connectivity index (χ2n) is 6.83. The van der Waals surface area contributed by atoms with Crippen LogP contribution in [0.25, 0.3) is 0 Å². The van der Waals surface area contributed by atoms with E-state index in [0.717, 1.165) is 39.0 Å². The first-order valence-corrected chi connectivity index (χ1v) is 8.44. The number of nitrogens with zero attached hydrogens (tertiary/aromatic N) is 1. The van der Waals surface area contributed by atoms with Gasteiger partial charge in [-0.3, -0.25) is 0 Å². The molecule has 3 fully saturated rings. The first-order valence-electron chi connectivity index (χ1n) is 8.44. The van der Waals surface area contributed by atoms with Crippen LogP contribution in [-0.2, 0) is 9.47 Å². The van der Waals surface area contributed by atoms with Crippen LogP contribution in [0.2, 0.25) is 0 Å². The molecule has 1 saturated carbocycles. The molecule has 2 heterocycles. The number of rotatable bonds is 2. The van der Waals surface area contributed by atoms with Crippen LogP contribution in [0.15, 0.2) is 0 Å². The number of hydrogen-bond donors (Lipinski definition) is 1. The summed E-state index contributed by atoms with van der Waals surface area (Å²) in [6.07, 6.45) is 9.29. The van der Waals surface area contributed by atoms with Crippen molar-refractivity contribution in [2.45, 2.75) is 69.1 Å². The first-order chi connectivity index (χ1) is 10.2. The molecule has 2 saturated heterocycles. The summed E-state index contributed by atoms with van der Waals surface area (Å²) in [5.74, 6) is 0. The number of carbonyl (C=O) groups is 1. The van der Waals surface area contributed by atoms with Gasteiger partial charge in [0.15, 0.2) is 0 Å². The first kappa shape index (κ1) is 15.1. The van der Waals surface area contributed by atoms with Gasteiger partial charge in [-0.2, -0.15) is 0 Å². The zero-order chi connectivity index (χ0) is 14.7. The predicted molar refractivity (Wildman–Crippen MR) is 80.3 cm³/mol. The number of amides is 1. The molecule has 1 N–H and O–H groups in total. The molecule has 2 aliphatic heterocycles. The van der Waals surface area contributed by atoms with Crippen LogP contribution in [0, 0.1) is 0 Å². The molecule has 3 rings (SSSR count). The Balaban J connectivity index is 1.46. The number of ether oxygens (including phenoxy) is 2. The SMILES string of the molecule is COC(=O)N1CCC(NC2CCOC3(CCCC3)C2)CC1. The van der Waals surface area contributed by atoms with Crippen molar-refractivity contribution in [3.8, 4) is 0 Å². The summed E-state index contributed by atoms with van der Waals surface area (Å²) < 4.78 is 10.9. The molecule has 21 heavy (non-hydrogen) atoms. The second-order valence-corrected chi connectivity index (χ2v) is 6.83. The molecule has 1 spiro atoms. The zero-order valence-electron chi connectivity index (χ0n) is 13.1. The van der Waals surface area contributed by atoms with E-state index in [1.54, 1.807) is 4.90 Å². The van der Waals surface area contributed by atoms with Gasteiger partial charge in [-0.15, -0.1) is 0 Å². The van der Waals surface area contributed by atoms with Crippen molar-refractivity contribution in [1.29, 1.82) is 0 Å². The molecule has 0 aromatic rings. The maximum Gasteiger partial charge on any atom is 0.409 e. The highest BCUT2D eigenvalue weighted by Crippen LogP contribution is 2.40. The highest BCUT2D eigenvalue weighted by Gasteiger charge is 2.40. The molecule has 5 nitrogen and oxygen atoms in total. The van der Waals surface area contributed by atoms with Crippen molar-refractivity contribution >= 4 is 6.09 Å². The Kier molecular flexibility index (Phi) is 4.69. The summed E-state index contributed by atoms with van der Waals surface area (Å²) in [5.41, 5.74) is 0.183. The maximum absolute atomic E-state index is 11.5. The molecule has 3 aliphatic rings. The molecule has 1 atom stereocenters. The monoisotopic (exact) mass is 296 g/mol. The lowest BCUT2D eigenvalue weighted by Crippen LogP contribution is -2.52. The standard InChI is InChI=1S/C16H28N2O3/c1-20-15(19)18-9-4-13(5-10-18)17-14-6-11-21-16(12-14)7-2-3-8-16/h13-14,17H,2-12H2,1H3. The Hall–Kier alpha value is -0.810. The predicted octanol–water partition coefficient (Wildman–Crippen LogP) is 2.30. The molecule has 1 aliphatic carbocycles. The average molecular weight is 296 g/mol. The topological polar surface area (TPSA) is 50.8 Å². The van der Waals surface area contributed by atoms with Gasteiger partial charge in [-0.1, -0.05) is 12.8 Å². The van der Waals surface area contributed by atoms with E-state index in [0.29, 0.717) is 12.1 Å². The summed E-state index contributed by atoms with van der Waals surface area (Å²) in [6, 6.07) is 1.12. The van der Waals surface area contributed by atoms with Crippen molar-refractivity contribution in [2.75, 3.05) is 26.8 Å². The third-order valence-electron chi connectivity index (χ3n) is 5.41. The summed E-state index contributed by atoms with van der Waals surface area (Å²) in [6.45, 7) is 2.51. The molecule has 0 bridgehead atoms. The molecule has 5 heteroatoms. The minimum atomic E-state index is -0.190. The van der Waals surface area contributed by atoms with Crippen LogP contribution in [0.1, 0.15) is 51.4 Å². The lowest BCUT2D eigenvalue weighted by Gasteiger charge is -2.41. The Morgan fingerprint density at radius 3 is 2.57 bits per heavy atom. The smallest absolute Gasteiger partial charge is 0.409 e. The highest BCUT2D eigenvalue weighted by molar-refractivity contribution is 5.67. The van der Waals surface area contributed by atoms with Gasteiger partial charge in [-0.25, -0.2) is 4.79 Å². The molecule has 0 radical (unpaired) electrons. The van der Waals surface area contributed by atoms with E-state index in [4.69, 9.17) is 9.47 Å². The van der Waals surface area contributed by atoms with Crippen molar-refractivity contribution in [1.82, 2.24) is 10.2 Å². The van der Waals surface area contributed by atoms with Crippen molar-refractivity contribution in [3.05, 3.63) is 0 Å². The normalized spacial score (nSPS) is 29.8. The van der Waals surface area contributed by atoms with E-state index in [9.17, 15) is 4.79 Å². The van der Waals surface area contributed by atoms with E-state index in [1.807, 2.05) is 0 Å². The zero-order valence-corrected chi connectivity index (χ0v) is 13.1. The number of carbonyl (C=O) groups excluding carboxylic acids is 1. The van der Waals surface area contributed by atoms with Crippen molar-refractivity contribution in [2.24, 2.45) is 0 Å². The molecule has 0 aromatic carbocycles. The Bertz CT molecular complexity index is 361. The van der Waals surface area contributed by atoms with Gasteiger partial charge in [0.05, 0.1) is 12.7 Å². The number of hydrogen-bond acceptors (Lipinski definition) is 4. The van der Waals surface area contributed by atoms with Gasteiger partial charge in [0.1, 0.15) is 0 Å². The van der Waals surface area contributed by atoms with Gasteiger partial charge in [0, 0.05) is 31.8 Å². The summed E-state index contributed by atoms with van der Waals surface area (Å²) >= 11 is 0. The summed E-state index contributed by atoms with van der Waals surface area (Å²) in [7, 11) is 1.45. The minimum absolute atomic E-state index is 0.183. The average Bonchev–Trinajstić information content (AvgIpc) is 2.95. The fourth-order valence-electron chi connectivity index (χ4n) is 4.23. The van der Waals surface area contributed by atoms with E-state index in [1.165, 1.54) is 39.2 Å². The molecular weight excluding hydrogens is 268 g/mol. The van der Waals surface area contributed by atoms with E-state index < -0.39 is 0 Å². The van der Waals surface area contributed by atoms with Crippen LogP contribution in [0.5, 0.6) is 0 Å². The van der Waals surface area contributed by atoms with Crippen LogP contribution in [0.4, 0.5) is 4.79 Å². The molecule has 1 unspecified atom stereocenters. The van der Waals surface area contributed by atoms with Gasteiger partial charge >= 0.3 is 6.09 Å². The van der Waals surface area contributed by atoms with Crippen LogP contribution < -0.4 is 5.32 Å². The van der Waals surface area contributed by atoms with Gasteiger partial charge in [0.25, 0.3) is 0 Å². The fraction of sp³-hybridized carbons (Fsp3) is 0.938. The molecule has 1 amide bonds. The Morgan fingerprint density at radius 2 is 1.90 bits per heavy atom. The number of likely N-dealkylation sites (tertiary alicyclic amines) is 1. The maximum atomic E-state index is 11.5. The van der Waals surface area contributed by atoms with E-state index >= 15 is 0 Å². The highest BCUT2D eigenvalue weighted by atomic mass is 16.5. The van der Waals surface area contributed by atoms with Crippen molar-refractivity contribution in [3.63, 3.8) is 0 Å². The molecule has 0 aromatic heterocycles. The van der Waals surface area contributed by atoms with Crippen LogP contribution >= 0.6 is 0 Å². The lowest BCUT2D eigenvalue weighted by atomic mass is 9.88. The van der Waals surface area contributed by atoms with E-state index in [-0.39, 0.29) is 11.7 Å².